The minimum absolute atomic E-state index is 0.257. The number of rotatable bonds is 8. The first kappa shape index (κ1) is 24.3. The van der Waals surface area contributed by atoms with Crippen LogP contribution in [0.1, 0.15) is 48.3 Å². The van der Waals surface area contributed by atoms with E-state index in [2.05, 4.69) is 27.4 Å². The molecule has 1 fully saturated rings. The highest BCUT2D eigenvalue weighted by Gasteiger charge is 2.29. The lowest BCUT2D eigenvalue weighted by Gasteiger charge is -2.23. The summed E-state index contributed by atoms with van der Waals surface area (Å²) in [7, 11) is 1.84. The van der Waals surface area contributed by atoms with E-state index in [0.29, 0.717) is 18.0 Å². The van der Waals surface area contributed by atoms with Gasteiger partial charge < -0.3 is 20.1 Å². The smallest absolute Gasteiger partial charge is 0.347 e. The van der Waals surface area contributed by atoms with Gasteiger partial charge in [-0.15, -0.1) is 0 Å². The van der Waals surface area contributed by atoms with Crippen LogP contribution in [-0.2, 0) is 18.4 Å². The van der Waals surface area contributed by atoms with E-state index in [9.17, 15) is 14.7 Å². The summed E-state index contributed by atoms with van der Waals surface area (Å²) in [6.07, 6.45) is 2.44. The molecular weight excluding hydrogens is 444 g/mol. The van der Waals surface area contributed by atoms with E-state index in [4.69, 9.17) is 4.74 Å². The fraction of sp³-hybridized carbons (Fsp3) is 0.370. The van der Waals surface area contributed by atoms with Crippen LogP contribution in [0.3, 0.4) is 0 Å². The second-order valence-corrected chi connectivity index (χ2v) is 9.48. The lowest BCUT2D eigenvalue weighted by Crippen LogP contribution is -2.38. The van der Waals surface area contributed by atoms with Crippen LogP contribution in [0, 0.1) is 6.92 Å². The van der Waals surface area contributed by atoms with Crippen LogP contribution in [0.4, 0.5) is 5.69 Å². The number of carbonyl (C=O) groups excluding carboxylic acids is 1. The summed E-state index contributed by atoms with van der Waals surface area (Å²) in [6.45, 7) is 7.33. The van der Waals surface area contributed by atoms with Gasteiger partial charge in [0.1, 0.15) is 5.75 Å². The number of ether oxygens (including phenoxy) is 1. The van der Waals surface area contributed by atoms with E-state index in [0.717, 1.165) is 35.5 Å². The molecule has 2 N–H and O–H groups in total. The quantitative estimate of drug-likeness (QED) is 0.507. The van der Waals surface area contributed by atoms with Gasteiger partial charge in [-0.05, 0) is 69.0 Å². The number of hydrogen-bond acceptors (Lipinski definition) is 5. The highest BCUT2D eigenvalue weighted by molar-refractivity contribution is 5.93. The highest BCUT2D eigenvalue weighted by atomic mass is 16.5. The Morgan fingerprint density at radius 3 is 2.54 bits per heavy atom. The number of carbonyl (C=O) groups is 2. The van der Waals surface area contributed by atoms with E-state index in [1.54, 1.807) is 10.7 Å². The second-order valence-electron chi connectivity index (χ2n) is 9.48. The largest absolute Gasteiger partial charge is 0.478 e. The summed E-state index contributed by atoms with van der Waals surface area (Å²) in [4.78, 5) is 26.5. The zero-order valence-corrected chi connectivity index (χ0v) is 20.7. The number of nitrogens with one attached hydrogen (secondary N) is 1. The lowest BCUT2D eigenvalue weighted by atomic mass is 10.1. The molecule has 0 unspecified atom stereocenters. The minimum Gasteiger partial charge on any atom is -0.478 e. The number of nitrogens with zero attached hydrogens (tertiary/aromatic N) is 3. The molecule has 2 heterocycles. The van der Waals surface area contributed by atoms with Gasteiger partial charge in [0.25, 0.3) is 5.91 Å². The predicted octanol–water partition coefficient (Wildman–Crippen LogP) is 4.17. The molecule has 1 saturated heterocycles. The molecule has 1 aromatic heterocycles. The van der Waals surface area contributed by atoms with E-state index in [-0.39, 0.29) is 5.91 Å². The van der Waals surface area contributed by atoms with Crippen molar-refractivity contribution in [1.29, 1.82) is 0 Å². The van der Waals surface area contributed by atoms with Gasteiger partial charge in [-0.1, -0.05) is 24.3 Å². The van der Waals surface area contributed by atoms with Gasteiger partial charge >= 0.3 is 5.97 Å². The molecule has 1 aliphatic heterocycles. The lowest BCUT2D eigenvalue weighted by molar-refractivity contribution is -0.152. The first-order chi connectivity index (χ1) is 16.6. The number of aromatic nitrogens is 2. The fourth-order valence-corrected chi connectivity index (χ4v) is 4.21. The molecule has 2 aromatic carbocycles. The molecule has 0 bridgehead atoms. The van der Waals surface area contributed by atoms with Crippen molar-refractivity contribution >= 4 is 17.6 Å². The average Bonchev–Trinajstić information content (AvgIpc) is 3.49. The molecule has 184 valence electrons. The number of aryl methyl sites for hydroxylation is 2. The molecule has 8 nitrogen and oxygen atoms in total. The molecular formula is C27H32N4O4. The van der Waals surface area contributed by atoms with E-state index in [1.165, 1.54) is 32.4 Å². The Labute approximate surface area is 205 Å². The number of anilines is 1. The molecule has 0 saturated carbocycles. The van der Waals surface area contributed by atoms with Crippen molar-refractivity contribution < 1.29 is 19.4 Å². The van der Waals surface area contributed by atoms with Crippen LogP contribution in [-0.4, -0.2) is 45.5 Å². The van der Waals surface area contributed by atoms with Crippen LogP contribution in [0.5, 0.6) is 5.75 Å². The van der Waals surface area contributed by atoms with Crippen molar-refractivity contribution in [1.82, 2.24) is 15.1 Å². The first-order valence-electron chi connectivity index (χ1n) is 11.8. The van der Waals surface area contributed by atoms with E-state index >= 15 is 0 Å². The Hall–Kier alpha value is -3.81. The van der Waals surface area contributed by atoms with E-state index < -0.39 is 11.6 Å². The Kier molecular flexibility index (Phi) is 6.82. The molecule has 8 heteroatoms. The van der Waals surface area contributed by atoms with Gasteiger partial charge in [0.2, 0.25) is 0 Å². The van der Waals surface area contributed by atoms with Crippen molar-refractivity contribution in [3.05, 3.63) is 65.4 Å². The molecule has 1 aliphatic rings. The van der Waals surface area contributed by atoms with Crippen molar-refractivity contribution in [3.8, 4) is 17.0 Å². The summed E-state index contributed by atoms with van der Waals surface area (Å²) in [5.41, 5.74) is 3.81. The standard InChI is InChI=1S/C27H32N4O4/c1-18-14-19(10-11-24(18)35-27(2,3)26(33)34)17-28-25(32)22-16-23(30(4)29-22)20-8-7-9-21(15-20)31-12-5-6-13-31/h7-11,14-16H,5-6,12-13,17H2,1-4H3,(H,28,32)(H,33,34). The third-order valence-electron chi connectivity index (χ3n) is 6.30. The molecule has 35 heavy (non-hydrogen) atoms. The third-order valence-corrected chi connectivity index (χ3v) is 6.30. The monoisotopic (exact) mass is 476 g/mol. The van der Waals surface area contributed by atoms with Gasteiger partial charge in [0, 0.05) is 37.9 Å². The summed E-state index contributed by atoms with van der Waals surface area (Å²) in [5.74, 6) is -0.795. The normalized spacial score (nSPS) is 13.7. The average molecular weight is 477 g/mol. The van der Waals surface area contributed by atoms with Crippen molar-refractivity contribution in [3.63, 3.8) is 0 Å². The van der Waals surface area contributed by atoms with Gasteiger partial charge in [0.05, 0.1) is 5.69 Å². The van der Waals surface area contributed by atoms with E-state index in [1.807, 2.05) is 44.3 Å². The molecule has 0 atom stereocenters. The maximum Gasteiger partial charge on any atom is 0.347 e. The van der Waals surface area contributed by atoms with Crippen LogP contribution in [0.25, 0.3) is 11.3 Å². The Morgan fingerprint density at radius 1 is 1.11 bits per heavy atom. The topological polar surface area (TPSA) is 96.7 Å². The number of benzene rings is 2. The molecule has 0 aliphatic carbocycles. The van der Waals surface area contributed by atoms with Crippen LogP contribution in [0.15, 0.2) is 48.5 Å². The minimum atomic E-state index is -1.33. The third kappa shape index (κ3) is 5.48. The number of aliphatic carboxylic acids is 1. The number of hydrogen-bond donors (Lipinski definition) is 2. The van der Waals surface area contributed by atoms with Gasteiger partial charge in [-0.3, -0.25) is 9.48 Å². The molecule has 4 rings (SSSR count). The summed E-state index contributed by atoms with van der Waals surface area (Å²) in [6, 6.07) is 15.6. The van der Waals surface area contributed by atoms with Crippen molar-refractivity contribution in [2.45, 2.75) is 45.8 Å². The maximum absolute atomic E-state index is 12.8. The molecule has 0 spiro atoms. The Morgan fingerprint density at radius 2 is 1.86 bits per heavy atom. The zero-order valence-electron chi connectivity index (χ0n) is 20.7. The van der Waals surface area contributed by atoms with Crippen LogP contribution in [0.2, 0.25) is 0 Å². The van der Waals surface area contributed by atoms with Gasteiger partial charge in [-0.25, -0.2) is 4.79 Å². The fourth-order valence-electron chi connectivity index (χ4n) is 4.21. The van der Waals surface area contributed by atoms with Crippen molar-refractivity contribution in [2.24, 2.45) is 7.05 Å². The number of amides is 1. The number of carboxylic acid groups (broad SMARTS) is 1. The second kappa shape index (κ2) is 9.82. The predicted molar refractivity (Wildman–Crippen MR) is 135 cm³/mol. The Bertz CT molecular complexity index is 1240. The maximum atomic E-state index is 12.8. The molecule has 3 aromatic rings. The molecule has 1 amide bonds. The Balaban J connectivity index is 1.42. The van der Waals surface area contributed by atoms with Crippen molar-refractivity contribution in [2.75, 3.05) is 18.0 Å². The first-order valence-corrected chi connectivity index (χ1v) is 11.8. The molecule has 0 radical (unpaired) electrons. The zero-order chi connectivity index (χ0) is 25.2. The van der Waals surface area contributed by atoms with Gasteiger partial charge in [-0.2, -0.15) is 5.10 Å². The summed E-state index contributed by atoms with van der Waals surface area (Å²) >= 11 is 0. The summed E-state index contributed by atoms with van der Waals surface area (Å²) < 4.78 is 7.37. The highest BCUT2D eigenvalue weighted by Crippen LogP contribution is 2.28. The number of carboxylic acids is 1. The SMILES string of the molecule is Cc1cc(CNC(=O)c2cc(-c3cccc(N4CCCC4)c3)n(C)n2)ccc1OC(C)(C)C(=O)O. The van der Waals surface area contributed by atoms with Crippen LogP contribution >= 0.6 is 0 Å². The van der Waals surface area contributed by atoms with Gasteiger partial charge in [0.15, 0.2) is 11.3 Å². The van der Waals surface area contributed by atoms with Crippen LogP contribution < -0.4 is 15.0 Å². The summed E-state index contributed by atoms with van der Waals surface area (Å²) in [5, 5.41) is 16.6.